The van der Waals surface area contributed by atoms with E-state index in [0.29, 0.717) is 18.5 Å². The SMILES string of the molecule is COc1cc(CCCCN)c(F)cc1F. The Kier molecular flexibility index (Phi) is 4.49. The summed E-state index contributed by atoms with van der Waals surface area (Å²) in [7, 11) is 1.36. The van der Waals surface area contributed by atoms with E-state index in [0.717, 1.165) is 18.9 Å². The molecule has 0 saturated carbocycles. The van der Waals surface area contributed by atoms with Gasteiger partial charge in [-0.3, -0.25) is 0 Å². The number of hydrogen-bond acceptors (Lipinski definition) is 2. The average molecular weight is 215 g/mol. The minimum atomic E-state index is -0.669. The van der Waals surface area contributed by atoms with Crippen LogP contribution in [0.15, 0.2) is 12.1 Å². The Labute approximate surface area is 88.0 Å². The first-order chi connectivity index (χ1) is 7.19. The van der Waals surface area contributed by atoms with Crippen LogP contribution in [0.1, 0.15) is 18.4 Å². The van der Waals surface area contributed by atoms with Gasteiger partial charge in [0, 0.05) is 6.07 Å². The molecule has 0 aliphatic heterocycles. The molecule has 0 unspecified atom stereocenters. The molecule has 2 N–H and O–H groups in total. The molecule has 4 heteroatoms. The Hall–Kier alpha value is -1.16. The van der Waals surface area contributed by atoms with Crippen molar-refractivity contribution in [3.05, 3.63) is 29.3 Å². The van der Waals surface area contributed by atoms with Crippen molar-refractivity contribution in [2.45, 2.75) is 19.3 Å². The lowest BCUT2D eigenvalue weighted by Gasteiger charge is -2.07. The van der Waals surface area contributed by atoms with Crippen LogP contribution in [0.3, 0.4) is 0 Å². The normalized spacial score (nSPS) is 10.4. The molecule has 0 aliphatic rings. The fraction of sp³-hybridized carbons (Fsp3) is 0.455. The second-order valence-corrected chi connectivity index (χ2v) is 3.32. The van der Waals surface area contributed by atoms with Crippen molar-refractivity contribution in [1.82, 2.24) is 0 Å². The van der Waals surface area contributed by atoms with Gasteiger partial charge in [-0.2, -0.15) is 0 Å². The first-order valence-corrected chi connectivity index (χ1v) is 4.91. The van der Waals surface area contributed by atoms with E-state index in [4.69, 9.17) is 10.5 Å². The Morgan fingerprint density at radius 3 is 2.53 bits per heavy atom. The highest BCUT2D eigenvalue weighted by atomic mass is 19.1. The fourth-order valence-electron chi connectivity index (χ4n) is 1.38. The van der Waals surface area contributed by atoms with Crippen LogP contribution in [-0.4, -0.2) is 13.7 Å². The molecule has 0 atom stereocenters. The second-order valence-electron chi connectivity index (χ2n) is 3.32. The summed E-state index contributed by atoms with van der Waals surface area (Å²) in [5.74, 6) is -1.11. The van der Waals surface area contributed by atoms with Crippen LogP contribution < -0.4 is 10.5 Å². The number of nitrogens with two attached hydrogens (primary N) is 1. The number of halogens is 2. The Bertz CT molecular complexity index is 329. The van der Waals surface area contributed by atoms with Crippen LogP contribution in [0.5, 0.6) is 5.75 Å². The van der Waals surface area contributed by atoms with Gasteiger partial charge in [-0.1, -0.05) is 0 Å². The third-order valence-corrected chi connectivity index (χ3v) is 2.22. The van der Waals surface area contributed by atoms with Crippen LogP contribution >= 0.6 is 0 Å². The van der Waals surface area contributed by atoms with E-state index in [9.17, 15) is 8.78 Å². The van der Waals surface area contributed by atoms with Gasteiger partial charge in [0.2, 0.25) is 0 Å². The van der Waals surface area contributed by atoms with Crippen molar-refractivity contribution in [2.24, 2.45) is 5.73 Å². The van der Waals surface area contributed by atoms with Crippen molar-refractivity contribution in [3.8, 4) is 5.75 Å². The van der Waals surface area contributed by atoms with Gasteiger partial charge in [0.05, 0.1) is 7.11 Å². The second kappa shape index (κ2) is 5.66. The summed E-state index contributed by atoms with van der Waals surface area (Å²) in [5.41, 5.74) is 5.81. The number of methoxy groups -OCH3 is 1. The molecule has 0 heterocycles. The predicted octanol–water partition coefficient (Wildman–Crippen LogP) is 2.25. The first kappa shape index (κ1) is 11.9. The zero-order chi connectivity index (χ0) is 11.3. The number of hydrogen-bond donors (Lipinski definition) is 1. The van der Waals surface area contributed by atoms with Gasteiger partial charge in [-0.25, -0.2) is 8.78 Å². The van der Waals surface area contributed by atoms with Crippen LogP contribution in [-0.2, 0) is 6.42 Å². The van der Waals surface area contributed by atoms with Gasteiger partial charge in [0.25, 0.3) is 0 Å². The lowest BCUT2D eigenvalue weighted by molar-refractivity contribution is 0.382. The van der Waals surface area contributed by atoms with E-state index >= 15 is 0 Å². The maximum Gasteiger partial charge on any atom is 0.167 e. The van der Waals surface area contributed by atoms with E-state index in [1.165, 1.54) is 13.2 Å². The van der Waals surface area contributed by atoms with Gasteiger partial charge in [-0.05, 0) is 37.4 Å². The van der Waals surface area contributed by atoms with Gasteiger partial charge in [0.1, 0.15) is 5.82 Å². The molecule has 1 aromatic rings. The smallest absolute Gasteiger partial charge is 0.167 e. The van der Waals surface area contributed by atoms with E-state index in [-0.39, 0.29) is 5.75 Å². The summed E-state index contributed by atoms with van der Waals surface area (Å²) in [6, 6.07) is 2.26. The number of aryl methyl sites for hydroxylation is 1. The number of unbranched alkanes of at least 4 members (excludes halogenated alkanes) is 1. The molecule has 0 spiro atoms. The van der Waals surface area contributed by atoms with Gasteiger partial charge in [0.15, 0.2) is 11.6 Å². The zero-order valence-corrected chi connectivity index (χ0v) is 8.72. The highest BCUT2D eigenvalue weighted by molar-refractivity contribution is 5.31. The molecule has 0 fully saturated rings. The topological polar surface area (TPSA) is 35.2 Å². The summed E-state index contributed by atoms with van der Waals surface area (Å²) in [5, 5.41) is 0. The molecule has 0 aliphatic carbocycles. The molecule has 0 radical (unpaired) electrons. The summed E-state index contributed by atoms with van der Waals surface area (Å²) >= 11 is 0. The molecule has 1 aromatic carbocycles. The van der Waals surface area contributed by atoms with Crippen LogP contribution in [0, 0.1) is 11.6 Å². The lowest BCUT2D eigenvalue weighted by atomic mass is 10.1. The summed E-state index contributed by atoms with van der Waals surface area (Å²) in [6.07, 6.45) is 2.18. The van der Waals surface area contributed by atoms with Gasteiger partial charge >= 0.3 is 0 Å². The first-order valence-electron chi connectivity index (χ1n) is 4.91. The lowest BCUT2D eigenvalue weighted by Crippen LogP contribution is -2.01. The maximum atomic E-state index is 13.3. The van der Waals surface area contributed by atoms with Gasteiger partial charge < -0.3 is 10.5 Å². The van der Waals surface area contributed by atoms with E-state index in [1.807, 2.05) is 0 Å². The molecule has 0 bridgehead atoms. The molecule has 0 amide bonds. The maximum absolute atomic E-state index is 13.3. The third kappa shape index (κ3) is 3.16. The molecule has 0 saturated heterocycles. The largest absolute Gasteiger partial charge is 0.494 e. The van der Waals surface area contributed by atoms with E-state index < -0.39 is 11.6 Å². The zero-order valence-electron chi connectivity index (χ0n) is 8.72. The highest BCUT2D eigenvalue weighted by Crippen LogP contribution is 2.22. The quantitative estimate of drug-likeness (QED) is 0.764. The summed E-state index contributed by atoms with van der Waals surface area (Å²) < 4.78 is 31.1. The Morgan fingerprint density at radius 1 is 1.20 bits per heavy atom. The minimum absolute atomic E-state index is 0.0825. The molecule has 0 aromatic heterocycles. The molecule has 2 nitrogen and oxygen atoms in total. The van der Waals surface area contributed by atoms with E-state index in [2.05, 4.69) is 0 Å². The van der Waals surface area contributed by atoms with Crippen LogP contribution in [0.4, 0.5) is 8.78 Å². The van der Waals surface area contributed by atoms with E-state index in [1.54, 1.807) is 0 Å². The molecule has 1 rings (SSSR count). The highest BCUT2D eigenvalue weighted by Gasteiger charge is 2.09. The van der Waals surface area contributed by atoms with Gasteiger partial charge in [-0.15, -0.1) is 0 Å². The van der Waals surface area contributed by atoms with Crippen LogP contribution in [0.2, 0.25) is 0 Å². The standard InChI is InChI=1S/C11H15F2NO/c1-15-11-6-8(4-2-3-5-14)9(12)7-10(11)13/h6-7H,2-5,14H2,1H3. The number of benzene rings is 1. The predicted molar refractivity (Wildman–Crippen MR) is 54.9 cm³/mol. The summed E-state index contributed by atoms with van der Waals surface area (Å²) in [4.78, 5) is 0. The molecular weight excluding hydrogens is 200 g/mol. The Morgan fingerprint density at radius 2 is 1.93 bits per heavy atom. The Balaban J connectivity index is 2.78. The third-order valence-electron chi connectivity index (χ3n) is 2.22. The fourth-order valence-corrected chi connectivity index (χ4v) is 1.38. The number of ether oxygens (including phenoxy) is 1. The minimum Gasteiger partial charge on any atom is -0.494 e. The number of rotatable bonds is 5. The van der Waals surface area contributed by atoms with Crippen molar-refractivity contribution >= 4 is 0 Å². The van der Waals surface area contributed by atoms with Crippen molar-refractivity contribution in [2.75, 3.05) is 13.7 Å². The molecule has 84 valence electrons. The average Bonchev–Trinajstić information content (AvgIpc) is 2.21. The van der Waals surface area contributed by atoms with Crippen molar-refractivity contribution < 1.29 is 13.5 Å². The molecule has 15 heavy (non-hydrogen) atoms. The van der Waals surface area contributed by atoms with Crippen molar-refractivity contribution in [3.63, 3.8) is 0 Å². The summed E-state index contributed by atoms with van der Waals surface area (Å²) in [6.45, 7) is 0.583. The van der Waals surface area contributed by atoms with Crippen LogP contribution in [0.25, 0.3) is 0 Å². The monoisotopic (exact) mass is 215 g/mol. The molecular formula is C11H15F2NO. The van der Waals surface area contributed by atoms with Crippen molar-refractivity contribution in [1.29, 1.82) is 0 Å².